The molecule has 0 spiro atoms. The lowest BCUT2D eigenvalue weighted by Gasteiger charge is -2.48. The van der Waals surface area contributed by atoms with Gasteiger partial charge >= 0.3 is 0 Å². The Kier molecular flexibility index (Phi) is 5.64. The predicted octanol–water partition coefficient (Wildman–Crippen LogP) is 2.05. The largest absolute Gasteiger partial charge is 0.356 e. The summed E-state index contributed by atoms with van der Waals surface area (Å²) in [5, 5.41) is 11.6. The van der Waals surface area contributed by atoms with Gasteiger partial charge < -0.3 is 14.8 Å². The first kappa shape index (κ1) is 21.6. The number of amides is 3. The summed E-state index contributed by atoms with van der Waals surface area (Å²) in [7, 11) is 0. The normalized spacial score (nSPS) is 22.0. The van der Waals surface area contributed by atoms with E-state index in [1.54, 1.807) is 21.9 Å². The number of nitrogens with one attached hydrogen (secondary N) is 1. The van der Waals surface area contributed by atoms with Crippen LogP contribution >= 0.6 is 0 Å². The van der Waals surface area contributed by atoms with E-state index in [1.807, 2.05) is 19.1 Å². The third-order valence-corrected chi connectivity index (χ3v) is 7.16. The number of hydrogen-bond acceptors (Lipinski definition) is 5. The van der Waals surface area contributed by atoms with E-state index in [1.165, 1.54) is 6.42 Å². The molecule has 1 N–H and O–H groups in total. The van der Waals surface area contributed by atoms with Gasteiger partial charge in [0.1, 0.15) is 17.3 Å². The summed E-state index contributed by atoms with van der Waals surface area (Å²) in [4.78, 5) is 41.9. The number of benzene rings is 1. The molecule has 5 rings (SSSR count). The summed E-state index contributed by atoms with van der Waals surface area (Å²) in [5.41, 5.74) is 0.445. The Morgan fingerprint density at radius 3 is 2.85 bits per heavy atom. The average molecular weight is 451 g/mol. The van der Waals surface area contributed by atoms with Gasteiger partial charge in [0.2, 0.25) is 11.8 Å². The Labute approximate surface area is 193 Å². The number of carbonyl (C=O) groups is 3. The van der Waals surface area contributed by atoms with Crippen LogP contribution in [0.4, 0.5) is 5.69 Å². The van der Waals surface area contributed by atoms with Crippen molar-refractivity contribution in [1.82, 2.24) is 25.0 Å². The van der Waals surface area contributed by atoms with Crippen LogP contribution in [0.5, 0.6) is 0 Å². The maximum Gasteiger partial charge on any atom is 0.257 e. The molecule has 174 valence electrons. The van der Waals surface area contributed by atoms with Gasteiger partial charge in [0.15, 0.2) is 0 Å². The van der Waals surface area contributed by atoms with Gasteiger partial charge in [-0.3, -0.25) is 19.3 Å². The molecule has 3 aliphatic heterocycles. The fourth-order valence-electron chi connectivity index (χ4n) is 5.39. The molecule has 1 aromatic carbocycles. The van der Waals surface area contributed by atoms with Crippen molar-refractivity contribution in [2.75, 3.05) is 18.0 Å². The zero-order valence-electron chi connectivity index (χ0n) is 19.0. The molecule has 2 aromatic rings. The molecule has 0 saturated carbocycles. The quantitative estimate of drug-likeness (QED) is 0.726. The van der Waals surface area contributed by atoms with E-state index < -0.39 is 5.66 Å². The van der Waals surface area contributed by atoms with E-state index in [9.17, 15) is 14.4 Å². The van der Waals surface area contributed by atoms with Crippen LogP contribution in [-0.2, 0) is 29.0 Å². The summed E-state index contributed by atoms with van der Waals surface area (Å²) in [5.74, 6) is 1.73. The Hall–Kier alpha value is -3.23. The van der Waals surface area contributed by atoms with Crippen molar-refractivity contribution in [2.24, 2.45) is 0 Å². The van der Waals surface area contributed by atoms with E-state index in [-0.39, 0.29) is 30.7 Å². The van der Waals surface area contributed by atoms with E-state index in [0.29, 0.717) is 37.1 Å². The topological polar surface area (TPSA) is 100 Å². The third-order valence-electron chi connectivity index (χ3n) is 7.16. The highest BCUT2D eigenvalue weighted by molar-refractivity contribution is 6.10. The van der Waals surface area contributed by atoms with Gasteiger partial charge in [0.25, 0.3) is 5.91 Å². The van der Waals surface area contributed by atoms with Gasteiger partial charge in [-0.05, 0) is 38.3 Å². The van der Waals surface area contributed by atoms with Crippen LogP contribution in [-0.4, -0.2) is 56.1 Å². The maximum absolute atomic E-state index is 13.3. The fraction of sp³-hybridized carbons (Fsp3) is 0.542. The van der Waals surface area contributed by atoms with Crippen LogP contribution < -0.4 is 10.2 Å². The molecule has 0 aliphatic carbocycles. The number of fused-ring (bicyclic) bond motifs is 4. The molecule has 3 amide bonds. The van der Waals surface area contributed by atoms with E-state index in [4.69, 9.17) is 0 Å². The van der Waals surface area contributed by atoms with E-state index in [2.05, 4.69) is 20.1 Å². The van der Waals surface area contributed by atoms with Gasteiger partial charge in [-0.15, -0.1) is 10.2 Å². The zero-order chi connectivity index (χ0) is 23.0. The number of para-hydroxylation sites is 1. The van der Waals surface area contributed by atoms with Crippen molar-refractivity contribution < 1.29 is 14.4 Å². The lowest BCUT2D eigenvalue weighted by molar-refractivity contribution is -0.121. The first-order valence-electron chi connectivity index (χ1n) is 11.9. The summed E-state index contributed by atoms with van der Waals surface area (Å²) < 4.78 is 2.19. The molecule has 0 bridgehead atoms. The standard InChI is InChI=1S/C24H30N6O3/c1-24-13-10-22(32)30(24)18-8-5-4-7-17(18)23(33)29(24)16-12-21(31)25-14-11-20-27-26-19-9-3-2-6-15-28(19)20/h4-5,7-8H,2-3,6,9-16H2,1H3,(H,25,31). The first-order chi connectivity index (χ1) is 16.0. The Balaban J connectivity index is 1.21. The fourth-order valence-corrected chi connectivity index (χ4v) is 5.39. The number of hydrogen-bond donors (Lipinski definition) is 1. The number of aryl methyl sites for hydroxylation is 1. The molecule has 1 aromatic heterocycles. The van der Waals surface area contributed by atoms with Crippen molar-refractivity contribution >= 4 is 23.4 Å². The predicted molar refractivity (Wildman–Crippen MR) is 122 cm³/mol. The van der Waals surface area contributed by atoms with Gasteiger partial charge in [-0.25, -0.2) is 0 Å². The minimum atomic E-state index is -0.734. The van der Waals surface area contributed by atoms with Crippen LogP contribution in [0.1, 0.15) is 67.5 Å². The highest BCUT2D eigenvalue weighted by Crippen LogP contribution is 2.43. The van der Waals surface area contributed by atoms with Crippen molar-refractivity contribution in [1.29, 1.82) is 0 Å². The van der Waals surface area contributed by atoms with Crippen LogP contribution in [0, 0.1) is 0 Å². The van der Waals surface area contributed by atoms with Crippen molar-refractivity contribution in [3.8, 4) is 0 Å². The molecule has 4 heterocycles. The summed E-state index contributed by atoms with van der Waals surface area (Å²) in [6.07, 6.45) is 6.23. The average Bonchev–Trinajstić information content (AvgIpc) is 3.23. The Bertz CT molecular complexity index is 1100. The maximum atomic E-state index is 13.3. The minimum absolute atomic E-state index is 0.0133. The summed E-state index contributed by atoms with van der Waals surface area (Å²) in [6, 6.07) is 7.22. The van der Waals surface area contributed by atoms with Crippen molar-refractivity contribution in [2.45, 2.75) is 70.5 Å². The first-order valence-corrected chi connectivity index (χ1v) is 11.9. The third kappa shape index (κ3) is 3.79. The number of aromatic nitrogens is 3. The molecule has 1 unspecified atom stereocenters. The molecule has 33 heavy (non-hydrogen) atoms. The number of rotatable bonds is 6. The molecule has 1 fully saturated rings. The van der Waals surface area contributed by atoms with Crippen molar-refractivity contribution in [3.05, 3.63) is 41.5 Å². The summed E-state index contributed by atoms with van der Waals surface area (Å²) in [6.45, 7) is 3.61. The highest BCUT2D eigenvalue weighted by atomic mass is 16.2. The number of nitrogens with zero attached hydrogens (tertiary/aromatic N) is 5. The smallest absolute Gasteiger partial charge is 0.257 e. The van der Waals surface area contributed by atoms with Crippen LogP contribution in [0.2, 0.25) is 0 Å². The second kappa shape index (κ2) is 8.61. The van der Waals surface area contributed by atoms with Crippen molar-refractivity contribution in [3.63, 3.8) is 0 Å². The monoisotopic (exact) mass is 450 g/mol. The Morgan fingerprint density at radius 2 is 1.97 bits per heavy atom. The molecule has 0 radical (unpaired) electrons. The van der Waals surface area contributed by atoms with Crippen LogP contribution in [0.15, 0.2) is 24.3 Å². The lowest BCUT2D eigenvalue weighted by Crippen LogP contribution is -2.62. The van der Waals surface area contributed by atoms with Crippen LogP contribution in [0.3, 0.4) is 0 Å². The molecule has 3 aliphatic rings. The Morgan fingerprint density at radius 1 is 1.12 bits per heavy atom. The molecule has 9 heteroatoms. The van der Waals surface area contributed by atoms with Gasteiger partial charge in [-0.1, -0.05) is 18.6 Å². The van der Waals surface area contributed by atoms with E-state index >= 15 is 0 Å². The second-order valence-electron chi connectivity index (χ2n) is 9.26. The van der Waals surface area contributed by atoms with Crippen LogP contribution in [0.25, 0.3) is 0 Å². The SMILES string of the molecule is CC12CCC(=O)N1c1ccccc1C(=O)N2CCC(=O)NCCc1nnc2n1CCCCC2. The second-order valence-corrected chi connectivity index (χ2v) is 9.26. The van der Waals surface area contributed by atoms with Gasteiger partial charge in [0.05, 0.1) is 11.3 Å². The van der Waals surface area contributed by atoms with Gasteiger partial charge in [-0.2, -0.15) is 0 Å². The summed E-state index contributed by atoms with van der Waals surface area (Å²) >= 11 is 0. The number of anilines is 1. The number of carbonyl (C=O) groups excluding carboxylic acids is 3. The highest BCUT2D eigenvalue weighted by Gasteiger charge is 2.52. The molecular formula is C24H30N6O3. The van der Waals surface area contributed by atoms with E-state index in [0.717, 1.165) is 37.5 Å². The van der Waals surface area contributed by atoms with Gasteiger partial charge in [0, 0.05) is 45.3 Å². The zero-order valence-corrected chi connectivity index (χ0v) is 19.0. The molecule has 1 saturated heterocycles. The minimum Gasteiger partial charge on any atom is -0.356 e. The molecule has 1 atom stereocenters. The lowest BCUT2D eigenvalue weighted by atomic mass is 9.98. The molecule has 9 nitrogen and oxygen atoms in total. The molecular weight excluding hydrogens is 420 g/mol.